The van der Waals surface area contributed by atoms with Crippen LogP contribution in [0, 0.1) is 0 Å². The van der Waals surface area contributed by atoms with Crippen LogP contribution in [0.15, 0.2) is 43.0 Å². The minimum Gasteiger partial charge on any atom is -0.354 e. The van der Waals surface area contributed by atoms with Crippen LogP contribution >= 0.6 is 22.7 Å². The average molecular weight is 399 g/mol. The third kappa shape index (κ3) is 3.99. The Morgan fingerprint density at radius 2 is 1.96 bits per heavy atom. The monoisotopic (exact) mass is 398 g/mol. The summed E-state index contributed by atoms with van der Waals surface area (Å²) in [6.45, 7) is 1.17. The summed E-state index contributed by atoms with van der Waals surface area (Å²) < 4.78 is 2.82. The van der Waals surface area contributed by atoms with Gasteiger partial charge < -0.3 is 10.2 Å². The standard InChI is InChI=1S/C18H18N6OS2/c1-23(2)18-22-17-15(27-18)7-14(26-17)16(25)20-8-12-3-5-13(6-4-12)9-24-11-19-10-21-24/h3-7,10-11H,8-9H2,1-2H3,(H,20,25). The van der Waals surface area contributed by atoms with Gasteiger partial charge in [0.25, 0.3) is 5.91 Å². The summed E-state index contributed by atoms with van der Waals surface area (Å²) in [6.07, 6.45) is 3.21. The van der Waals surface area contributed by atoms with Crippen molar-refractivity contribution in [3.05, 3.63) is 59.0 Å². The van der Waals surface area contributed by atoms with Crippen molar-refractivity contribution in [2.45, 2.75) is 13.1 Å². The van der Waals surface area contributed by atoms with Gasteiger partial charge in [-0.2, -0.15) is 5.10 Å². The van der Waals surface area contributed by atoms with Crippen molar-refractivity contribution < 1.29 is 4.79 Å². The minimum absolute atomic E-state index is 0.0664. The number of fused-ring (bicyclic) bond motifs is 1. The number of amides is 1. The van der Waals surface area contributed by atoms with Crippen LogP contribution in [0.3, 0.4) is 0 Å². The maximum Gasteiger partial charge on any atom is 0.261 e. The number of benzene rings is 1. The first-order valence-electron chi connectivity index (χ1n) is 8.34. The molecule has 1 amide bonds. The highest BCUT2D eigenvalue weighted by molar-refractivity contribution is 7.29. The molecule has 0 bridgehead atoms. The van der Waals surface area contributed by atoms with E-state index in [2.05, 4.69) is 20.4 Å². The molecular weight excluding hydrogens is 380 g/mol. The van der Waals surface area contributed by atoms with Gasteiger partial charge in [-0.25, -0.2) is 14.6 Å². The number of thiophene rings is 1. The Labute approximate surface area is 164 Å². The van der Waals surface area contributed by atoms with E-state index in [0.29, 0.717) is 18.0 Å². The summed E-state index contributed by atoms with van der Waals surface area (Å²) in [5.41, 5.74) is 2.19. The van der Waals surface area contributed by atoms with Gasteiger partial charge in [-0.1, -0.05) is 35.6 Å². The van der Waals surface area contributed by atoms with Crippen molar-refractivity contribution in [1.82, 2.24) is 25.1 Å². The van der Waals surface area contributed by atoms with E-state index in [0.717, 1.165) is 25.8 Å². The number of hydrogen-bond donors (Lipinski definition) is 1. The molecule has 1 N–H and O–H groups in total. The Bertz CT molecular complexity index is 1020. The number of carbonyl (C=O) groups excluding carboxylic acids is 1. The summed E-state index contributed by atoms with van der Waals surface area (Å²) in [5.74, 6) is -0.0664. The molecule has 9 heteroatoms. The number of anilines is 1. The van der Waals surface area contributed by atoms with Crippen LogP contribution in [-0.2, 0) is 13.1 Å². The lowest BCUT2D eigenvalue weighted by atomic mass is 10.1. The van der Waals surface area contributed by atoms with E-state index in [9.17, 15) is 4.79 Å². The van der Waals surface area contributed by atoms with Gasteiger partial charge in [0.05, 0.1) is 16.1 Å². The molecule has 7 nitrogen and oxygen atoms in total. The maximum atomic E-state index is 12.4. The summed E-state index contributed by atoms with van der Waals surface area (Å²) in [7, 11) is 3.93. The number of nitrogens with one attached hydrogen (secondary N) is 1. The molecule has 0 fully saturated rings. The Hall–Kier alpha value is -2.78. The second kappa shape index (κ2) is 7.45. The lowest BCUT2D eigenvalue weighted by Gasteiger charge is -2.06. The van der Waals surface area contributed by atoms with E-state index in [1.165, 1.54) is 17.7 Å². The van der Waals surface area contributed by atoms with Crippen molar-refractivity contribution in [2.24, 2.45) is 0 Å². The van der Waals surface area contributed by atoms with E-state index < -0.39 is 0 Å². The van der Waals surface area contributed by atoms with E-state index in [1.807, 2.05) is 49.3 Å². The van der Waals surface area contributed by atoms with Gasteiger partial charge >= 0.3 is 0 Å². The molecule has 0 aliphatic rings. The third-order valence-electron chi connectivity index (χ3n) is 3.97. The predicted octanol–water partition coefficient (Wildman–Crippen LogP) is 2.99. The molecule has 3 heterocycles. The van der Waals surface area contributed by atoms with E-state index in [-0.39, 0.29) is 5.91 Å². The zero-order valence-corrected chi connectivity index (χ0v) is 16.5. The Balaban J connectivity index is 1.36. The second-order valence-electron chi connectivity index (χ2n) is 6.26. The molecule has 27 heavy (non-hydrogen) atoms. The molecule has 4 rings (SSSR count). The predicted molar refractivity (Wildman–Crippen MR) is 109 cm³/mol. The summed E-state index contributed by atoms with van der Waals surface area (Å²) in [4.78, 5) is 24.5. The molecule has 0 aliphatic heterocycles. The van der Waals surface area contributed by atoms with Crippen LogP contribution in [0.4, 0.5) is 5.13 Å². The minimum atomic E-state index is -0.0664. The van der Waals surface area contributed by atoms with Gasteiger partial charge in [0.1, 0.15) is 17.5 Å². The van der Waals surface area contributed by atoms with E-state index >= 15 is 0 Å². The van der Waals surface area contributed by atoms with E-state index in [1.54, 1.807) is 22.3 Å². The summed E-state index contributed by atoms with van der Waals surface area (Å²) in [5, 5.41) is 8.03. The highest BCUT2D eigenvalue weighted by Gasteiger charge is 2.14. The zero-order chi connectivity index (χ0) is 18.8. The SMILES string of the molecule is CN(C)c1nc2sc(C(=O)NCc3ccc(Cn4cncn4)cc3)cc2s1. The first-order chi connectivity index (χ1) is 13.1. The number of aromatic nitrogens is 4. The van der Waals surface area contributed by atoms with Crippen molar-refractivity contribution in [1.29, 1.82) is 0 Å². The van der Waals surface area contributed by atoms with Crippen LogP contribution in [0.25, 0.3) is 9.53 Å². The fourth-order valence-corrected chi connectivity index (χ4v) is 4.61. The van der Waals surface area contributed by atoms with Crippen LogP contribution in [0.5, 0.6) is 0 Å². The van der Waals surface area contributed by atoms with Crippen LogP contribution < -0.4 is 10.2 Å². The topological polar surface area (TPSA) is 75.9 Å². The Morgan fingerprint density at radius 3 is 2.63 bits per heavy atom. The molecule has 0 radical (unpaired) electrons. The molecule has 0 saturated heterocycles. The quantitative estimate of drug-likeness (QED) is 0.540. The molecule has 3 aromatic heterocycles. The molecule has 138 valence electrons. The van der Waals surface area contributed by atoms with E-state index in [4.69, 9.17) is 0 Å². The number of thiazole rings is 1. The molecule has 0 atom stereocenters. The smallest absolute Gasteiger partial charge is 0.261 e. The molecule has 0 saturated carbocycles. The lowest BCUT2D eigenvalue weighted by Crippen LogP contribution is -2.21. The molecular formula is C18H18N6OS2. The van der Waals surface area contributed by atoms with Crippen LogP contribution in [0.2, 0.25) is 0 Å². The second-order valence-corrected chi connectivity index (χ2v) is 8.30. The van der Waals surface area contributed by atoms with Gasteiger partial charge in [0.2, 0.25) is 0 Å². The lowest BCUT2D eigenvalue weighted by molar-refractivity contribution is 0.0955. The van der Waals surface area contributed by atoms with Gasteiger partial charge in [-0.3, -0.25) is 4.79 Å². The Kier molecular flexibility index (Phi) is 4.87. The Morgan fingerprint density at radius 1 is 1.19 bits per heavy atom. The summed E-state index contributed by atoms with van der Waals surface area (Å²) in [6, 6.07) is 10.0. The molecule has 0 spiro atoms. The number of hydrogen-bond acceptors (Lipinski definition) is 7. The van der Waals surface area contributed by atoms with Crippen molar-refractivity contribution in [3.63, 3.8) is 0 Å². The van der Waals surface area contributed by atoms with Gasteiger partial charge in [-0.15, -0.1) is 11.3 Å². The highest BCUT2D eigenvalue weighted by atomic mass is 32.1. The first kappa shape index (κ1) is 17.6. The normalized spacial score (nSPS) is 11.0. The fraction of sp³-hybridized carbons (Fsp3) is 0.222. The van der Waals surface area contributed by atoms with Crippen LogP contribution in [0.1, 0.15) is 20.8 Å². The number of rotatable bonds is 6. The number of carbonyl (C=O) groups is 1. The van der Waals surface area contributed by atoms with Gasteiger partial charge in [-0.05, 0) is 17.2 Å². The van der Waals surface area contributed by atoms with Gasteiger partial charge in [0, 0.05) is 20.6 Å². The summed E-state index contributed by atoms with van der Waals surface area (Å²) >= 11 is 3.02. The average Bonchev–Trinajstić information content (AvgIpc) is 3.37. The largest absolute Gasteiger partial charge is 0.354 e. The highest BCUT2D eigenvalue weighted by Crippen LogP contribution is 2.33. The van der Waals surface area contributed by atoms with Crippen molar-refractivity contribution >= 4 is 43.2 Å². The van der Waals surface area contributed by atoms with Gasteiger partial charge in [0.15, 0.2) is 5.13 Å². The number of nitrogens with zero attached hydrogens (tertiary/aromatic N) is 5. The molecule has 1 aromatic carbocycles. The third-order valence-corrected chi connectivity index (χ3v) is 6.30. The zero-order valence-electron chi connectivity index (χ0n) is 14.9. The first-order valence-corrected chi connectivity index (χ1v) is 9.98. The van der Waals surface area contributed by atoms with Crippen molar-refractivity contribution in [2.75, 3.05) is 19.0 Å². The van der Waals surface area contributed by atoms with Crippen molar-refractivity contribution in [3.8, 4) is 0 Å². The maximum absolute atomic E-state index is 12.4. The fourth-order valence-electron chi connectivity index (χ4n) is 2.56. The molecule has 4 aromatic rings. The molecule has 0 aliphatic carbocycles. The molecule has 0 unspecified atom stereocenters. The van der Waals surface area contributed by atoms with Crippen LogP contribution in [-0.4, -0.2) is 39.8 Å².